The number of ether oxygens (including phenoxy) is 2. The fourth-order valence-electron chi connectivity index (χ4n) is 3.36. The first-order valence-electron chi connectivity index (χ1n) is 11.4. The minimum absolute atomic E-state index is 0.0870. The zero-order chi connectivity index (χ0) is 23.3. The van der Waals surface area contributed by atoms with Crippen LogP contribution in [0.15, 0.2) is 12.1 Å². The minimum atomic E-state index is -0.872. The lowest BCUT2D eigenvalue weighted by Gasteiger charge is -2.17. The second-order valence-corrected chi connectivity index (χ2v) is 8.40. The summed E-state index contributed by atoms with van der Waals surface area (Å²) in [5.41, 5.74) is 2.31. The van der Waals surface area contributed by atoms with Gasteiger partial charge in [0.25, 0.3) is 0 Å². The first kappa shape index (κ1) is 25.4. The number of rotatable bonds is 12. The molecule has 0 saturated carbocycles. The molecule has 3 N–H and O–H groups in total. The number of nitrogens with zero attached hydrogens (tertiary/aromatic N) is 1. The van der Waals surface area contributed by atoms with E-state index in [1.165, 1.54) is 12.7 Å². The van der Waals surface area contributed by atoms with Gasteiger partial charge in [-0.15, -0.1) is 0 Å². The molecule has 32 heavy (non-hydrogen) atoms. The Kier molecular flexibility index (Phi) is 10.8. The Morgan fingerprint density at radius 3 is 2.78 bits per heavy atom. The van der Waals surface area contributed by atoms with Crippen LogP contribution in [-0.4, -0.2) is 55.8 Å². The largest absolute Gasteiger partial charge is 0.467 e. The van der Waals surface area contributed by atoms with E-state index >= 15 is 0 Å². The predicted octanol–water partition coefficient (Wildman–Crippen LogP) is 2.58. The van der Waals surface area contributed by atoms with Crippen molar-refractivity contribution in [2.45, 2.75) is 64.8 Å². The number of anilines is 1. The highest BCUT2D eigenvalue weighted by atomic mass is 16.6. The molecule has 2 heterocycles. The number of carbonyl (C=O) groups excluding carboxylic acids is 3. The molecule has 2 amide bonds. The SMILES string of the molecule is COC(=O)C(CCNC(=O)CCCCc1ccc2c(n1)NCCC2)NC(=O)OCC(C)C. The molecule has 0 fully saturated rings. The van der Waals surface area contributed by atoms with Crippen molar-refractivity contribution in [2.24, 2.45) is 5.92 Å². The van der Waals surface area contributed by atoms with Crippen LogP contribution in [0.3, 0.4) is 0 Å². The van der Waals surface area contributed by atoms with Gasteiger partial charge >= 0.3 is 12.1 Å². The Morgan fingerprint density at radius 2 is 2.03 bits per heavy atom. The molecule has 9 nitrogen and oxygen atoms in total. The maximum atomic E-state index is 12.1. The minimum Gasteiger partial charge on any atom is -0.467 e. The first-order valence-corrected chi connectivity index (χ1v) is 11.4. The van der Waals surface area contributed by atoms with E-state index in [1.54, 1.807) is 0 Å². The van der Waals surface area contributed by atoms with Crippen LogP contribution < -0.4 is 16.0 Å². The van der Waals surface area contributed by atoms with Gasteiger partial charge in [-0.05, 0) is 56.1 Å². The van der Waals surface area contributed by atoms with Crippen LogP contribution >= 0.6 is 0 Å². The predicted molar refractivity (Wildman–Crippen MR) is 121 cm³/mol. The Balaban J connectivity index is 1.64. The zero-order valence-corrected chi connectivity index (χ0v) is 19.4. The van der Waals surface area contributed by atoms with Gasteiger partial charge in [0.1, 0.15) is 11.9 Å². The smallest absolute Gasteiger partial charge is 0.407 e. The van der Waals surface area contributed by atoms with Crippen LogP contribution in [0.4, 0.5) is 10.6 Å². The molecule has 2 rings (SSSR count). The number of aromatic nitrogens is 1. The molecule has 178 valence electrons. The van der Waals surface area contributed by atoms with Crippen molar-refractivity contribution in [1.82, 2.24) is 15.6 Å². The molecule has 1 atom stereocenters. The monoisotopic (exact) mass is 448 g/mol. The molecule has 1 aromatic rings. The van der Waals surface area contributed by atoms with Crippen LogP contribution in [0.25, 0.3) is 0 Å². The molecular formula is C23H36N4O5. The first-order chi connectivity index (χ1) is 15.4. The van der Waals surface area contributed by atoms with Crippen molar-refractivity contribution in [2.75, 3.05) is 32.1 Å². The zero-order valence-electron chi connectivity index (χ0n) is 19.4. The van der Waals surface area contributed by atoms with Gasteiger partial charge in [0, 0.05) is 25.2 Å². The Hall–Kier alpha value is -2.84. The summed E-state index contributed by atoms with van der Waals surface area (Å²) in [6.07, 6.45) is 4.60. The number of hydrogen-bond donors (Lipinski definition) is 3. The molecule has 0 bridgehead atoms. The summed E-state index contributed by atoms with van der Waals surface area (Å²) in [4.78, 5) is 40.5. The van der Waals surface area contributed by atoms with E-state index in [1.807, 2.05) is 13.8 Å². The summed E-state index contributed by atoms with van der Waals surface area (Å²) in [6.45, 7) is 5.31. The third kappa shape index (κ3) is 9.11. The third-order valence-corrected chi connectivity index (χ3v) is 5.12. The average Bonchev–Trinajstić information content (AvgIpc) is 2.79. The van der Waals surface area contributed by atoms with E-state index in [2.05, 4.69) is 33.1 Å². The van der Waals surface area contributed by atoms with Crippen molar-refractivity contribution in [3.63, 3.8) is 0 Å². The maximum Gasteiger partial charge on any atom is 0.407 e. The second kappa shape index (κ2) is 13.5. The van der Waals surface area contributed by atoms with Crippen molar-refractivity contribution in [1.29, 1.82) is 0 Å². The van der Waals surface area contributed by atoms with E-state index in [-0.39, 0.29) is 31.4 Å². The van der Waals surface area contributed by atoms with Crippen molar-refractivity contribution in [3.8, 4) is 0 Å². The number of unbranched alkanes of at least 4 members (excludes halogenated alkanes) is 1. The van der Waals surface area contributed by atoms with Crippen molar-refractivity contribution in [3.05, 3.63) is 23.4 Å². The molecule has 1 aromatic heterocycles. The number of aryl methyl sites for hydroxylation is 2. The molecule has 1 aliphatic rings. The van der Waals surface area contributed by atoms with E-state index in [9.17, 15) is 14.4 Å². The Morgan fingerprint density at radius 1 is 1.22 bits per heavy atom. The fourth-order valence-corrected chi connectivity index (χ4v) is 3.36. The van der Waals surface area contributed by atoms with Gasteiger partial charge < -0.3 is 25.4 Å². The highest BCUT2D eigenvalue weighted by molar-refractivity contribution is 5.81. The van der Waals surface area contributed by atoms with Crippen molar-refractivity contribution >= 4 is 23.8 Å². The van der Waals surface area contributed by atoms with E-state index in [0.717, 1.165) is 50.2 Å². The van der Waals surface area contributed by atoms with Crippen molar-refractivity contribution < 1.29 is 23.9 Å². The number of amides is 2. The third-order valence-electron chi connectivity index (χ3n) is 5.12. The number of alkyl carbamates (subject to hydrolysis) is 1. The molecule has 1 unspecified atom stereocenters. The molecule has 9 heteroatoms. The Bertz CT molecular complexity index is 769. The summed E-state index contributed by atoms with van der Waals surface area (Å²) in [5, 5.41) is 8.62. The fraction of sp³-hybridized carbons (Fsp3) is 0.652. The topological polar surface area (TPSA) is 119 Å². The summed E-state index contributed by atoms with van der Waals surface area (Å²) in [5.74, 6) is 0.522. The van der Waals surface area contributed by atoms with Crippen LogP contribution in [0.5, 0.6) is 0 Å². The van der Waals surface area contributed by atoms with Gasteiger partial charge in [0.05, 0.1) is 13.7 Å². The van der Waals surface area contributed by atoms with Gasteiger partial charge in [-0.3, -0.25) is 4.79 Å². The number of methoxy groups -OCH3 is 1. The van der Waals surface area contributed by atoms with Gasteiger partial charge in [-0.1, -0.05) is 19.9 Å². The lowest BCUT2D eigenvalue weighted by molar-refractivity contribution is -0.143. The number of hydrogen-bond acceptors (Lipinski definition) is 7. The Labute approximate surface area is 190 Å². The maximum absolute atomic E-state index is 12.1. The molecule has 1 aliphatic heterocycles. The van der Waals surface area contributed by atoms with Crippen LogP contribution in [-0.2, 0) is 31.9 Å². The molecule has 0 spiro atoms. The molecule has 0 saturated heterocycles. The number of pyridine rings is 1. The van der Waals surface area contributed by atoms with Gasteiger partial charge in [0.2, 0.25) is 5.91 Å². The highest BCUT2D eigenvalue weighted by Gasteiger charge is 2.22. The van der Waals surface area contributed by atoms with E-state index in [4.69, 9.17) is 9.47 Å². The summed E-state index contributed by atoms with van der Waals surface area (Å²) in [6, 6.07) is 3.34. The summed E-state index contributed by atoms with van der Waals surface area (Å²) in [7, 11) is 1.25. The molecular weight excluding hydrogens is 412 g/mol. The van der Waals surface area contributed by atoms with Gasteiger partial charge in [0.15, 0.2) is 0 Å². The normalized spacial score (nSPS) is 13.5. The molecule has 0 aliphatic carbocycles. The number of carbonyl (C=O) groups is 3. The average molecular weight is 449 g/mol. The standard InChI is InChI=1S/C23H36N4O5/c1-16(2)15-32-23(30)27-19(22(29)31-3)12-14-24-20(28)9-5-4-8-18-11-10-17-7-6-13-25-21(17)26-18/h10-11,16,19H,4-9,12-15H2,1-3H3,(H,24,28)(H,25,26)(H,27,30). The van der Waals surface area contributed by atoms with Gasteiger partial charge in [-0.25, -0.2) is 14.6 Å². The highest BCUT2D eigenvalue weighted by Crippen LogP contribution is 2.20. The summed E-state index contributed by atoms with van der Waals surface area (Å²) < 4.78 is 9.75. The van der Waals surface area contributed by atoms with E-state index < -0.39 is 18.1 Å². The number of nitrogens with one attached hydrogen (secondary N) is 3. The van der Waals surface area contributed by atoms with Crippen LogP contribution in [0, 0.1) is 5.92 Å². The second-order valence-electron chi connectivity index (χ2n) is 8.40. The molecule has 0 radical (unpaired) electrons. The van der Waals surface area contributed by atoms with E-state index in [0.29, 0.717) is 6.42 Å². The number of esters is 1. The van der Waals surface area contributed by atoms with Crippen LogP contribution in [0.2, 0.25) is 0 Å². The summed E-state index contributed by atoms with van der Waals surface area (Å²) >= 11 is 0. The van der Waals surface area contributed by atoms with Crippen LogP contribution in [0.1, 0.15) is 57.2 Å². The quantitative estimate of drug-likeness (QED) is 0.332. The lowest BCUT2D eigenvalue weighted by atomic mass is 10.1. The van der Waals surface area contributed by atoms with Gasteiger partial charge in [-0.2, -0.15) is 0 Å². The molecule has 0 aromatic carbocycles. The number of fused-ring (bicyclic) bond motifs is 1. The lowest BCUT2D eigenvalue weighted by Crippen LogP contribution is -2.44.